The zero-order chi connectivity index (χ0) is 16.2. The first-order chi connectivity index (χ1) is 11.2. The van der Waals surface area contributed by atoms with Crippen molar-refractivity contribution in [1.29, 1.82) is 0 Å². The number of amides is 2. The molecule has 2 amide bonds. The summed E-state index contributed by atoms with van der Waals surface area (Å²) in [7, 11) is 0. The van der Waals surface area contributed by atoms with Gasteiger partial charge in [-0.3, -0.25) is 4.79 Å². The average Bonchev–Trinajstić information content (AvgIpc) is 2.95. The van der Waals surface area contributed by atoms with Crippen LogP contribution in [0.2, 0.25) is 0 Å². The first-order valence-electron chi connectivity index (χ1n) is 8.70. The van der Waals surface area contributed by atoms with Gasteiger partial charge in [0.2, 0.25) is 5.91 Å². The summed E-state index contributed by atoms with van der Waals surface area (Å²) in [6, 6.07) is 9.47. The molecule has 22 heavy (non-hydrogen) atoms. The maximum atomic E-state index is 12.7. The number of ether oxygens (including phenoxy) is 1. The Balaban J connectivity index is 1.70. The molecule has 3 rings (SSSR count). The van der Waals surface area contributed by atoms with E-state index in [0.29, 0.717) is 6.42 Å². The van der Waals surface area contributed by atoms with Gasteiger partial charge in [-0.1, -0.05) is 49.6 Å². The van der Waals surface area contributed by atoms with Crippen LogP contribution in [0.5, 0.6) is 0 Å². The molecule has 4 nitrogen and oxygen atoms in total. The number of carbonyl (C=O) groups is 2. The summed E-state index contributed by atoms with van der Waals surface area (Å²) in [5, 5.41) is 0. The second kappa shape index (κ2) is 6.95. The minimum atomic E-state index is -0.848. The van der Waals surface area contributed by atoms with Crippen molar-refractivity contribution in [1.82, 2.24) is 4.90 Å². The van der Waals surface area contributed by atoms with E-state index in [4.69, 9.17) is 6.11 Å². The normalized spacial score (nSPS) is 24.7. The van der Waals surface area contributed by atoms with Crippen LogP contribution >= 0.6 is 0 Å². The van der Waals surface area contributed by atoms with Crippen molar-refractivity contribution in [2.24, 2.45) is 5.92 Å². The predicted molar refractivity (Wildman–Crippen MR) is 83.3 cm³/mol. The molecule has 1 saturated heterocycles. The molecule has 0 N–H and O–H groups in total. The van der Waals surface area contributed by atoms with Crippen molar-refractivity contribution >= 4 is 12.0 Å². The van der Waals surface area contributed by atoms with Crippen molar-refractivity contribution in [2.75, 3.05) is 6.61 Å². The lowest BCUT2D eigenvalue weighted by atomic mass is 9.86. The maximum absolute atomic E-state index is 12.7. The van der Waals surface area contributed by atoms with Gasteiger partial charge in [0.05, 0.1) is 6.04 Å². The zero-order valence-electron chi connectivity index (χ0n) is 13.7. The lowest BCUT2D eigenvalue weighted by molar-refractivity contribution is -0.130. The van der Waals surface area contributed by atoms with Crippen LogP contribution in [0.3, 0.4) is 0 Å². The van der Waals surface area contributed by atoms with Gasteiger partial charge in [-0.15, -0.1) is 0 Å². The lowest BCUT2D eigenvalue weighted by Crippen LogP contribution is -2.41. The third-order valence-corrected chi connectivity index (χ3v) is 4.54. The summed E-state index contributed by atoms with van der Waals surface area (Å²) >= 11 is 0. The molecular formula is C18H23NO3. The van der Waals surface area contributed by atoms with Gasteiger partial charge >= 0.3 is 6.09 Å². The molecule has 1 aliphatic carbocycles. The van der Waals surface area contributed by atoms with Crippen molar-refractivity contribution in [3.63, 3.8) is 0 Å². The van der Waals surface area contributed by atoms with Crippen LogP contribution in [0.15, 0.2) is 30.3 Å². The second-order valence-electron chi connectivity index (χ2n) is 6.19. The van der Waals surface area contributed by atoms with Gasteiger partial charge in [-0.05, 0) is 30.7 Å². The summed E-state index contributed by atoms with van der Waals surface area (Å²) in [5.74, 6) is -0.317. The molecule has 0 unspecified atom stereocenters. The Labute approximate surface area is 132 Å². The Hall–Kier alpha value is -1.84. The summed E-state index contributed by atoms with van der Waals surface area (Å²) in [6.07, 6.45) is 4.28. The fourth-order valence-corrected chi connectivity index (χ4v) is 3.35. The zero-order valence-corrected chi connectivity index (χ0v) is 12.7. The number of cyclic esters (lactones) is 1. The van der Waals surface area contributed by atoms with Gasteiger partial charge in [-0.25, -0.2) is 9.69 Å². The van der Waals surface area contributed by atoms with Gasteiger partial charge in [0, 0.05) is 7.77 Å². The third-order valence-electron chi connectivity index (χ3n) is 4.54. The summed E-state index contributed by atoms with van der Waals surface area (Å²) in [5.41, 5.74) is 1.06. The summed E-state index contributed by atoms with van der Waals surface area (Å²) in [4.78, 5) is 25.9. The van der Waals surface area contributed by atoms with Crippen LogP contribution in [-0.2, 0) is 16.0 Å². The molecule has 0 radical (unpaired) electrons. The number of rotatable bonds is 4. The van der Waals surface area contributed by atoms with Crippen molar-refractivity contribution in [2.45, 2.75) is 51.0 Å². The number of nitrogens with zero attached hydrogens (tertiary/aromatic N) is 1. The van der Waals surface area contributed by atoms with E-state index in [0.717, 1.165) is 31.2 Å². The smallest absolute Gasteiger partial charge is 0.416 e. The summed E-state index contributed by atoms with van der Waals surface area (Å²) in [6.45, 7) is 0.219. The Morgan fingerprint density at radius 2 is 1.95 bits per heavy atom. The van der Waals surface area contributed by atoms with Crippen LogP contribution in [-0.4, -0.2) is 29.5 Å². The van der Waals surface area contributed by atoms with E-state index in [-0.39, 0.29) is 24.5 Å². The van der Waals surface area contributed by atoms with Gasteiger partial charge in [0.25, 0.3) is 0 Å². The molecule has 0 aromatic heterocycles. The van der Waals surface area contributed by atoms with Crippen molar-refractivity contribution < 1.29 is 15.7 Å². The number of benzene rings is 1. The molecule has 118 valence electrons. The average molecular weight is 302 g/mol. The van der Waals surface area contributed by atoms with E-state index in [2.05, 4.69) is 0 Å². The highest BCUT2D eigenvalue weighted by atomic mass is 16.6. The molecule has 1 saturated carbocycles. The van der Waals surface area contributed by atoms with Crippen LogP contribution < -0.4 is 0 Å². The summed E-state index contributed by atoms with van der Waals surface area (Å²) < 4.78 is 13.4. The minimum absolute atomic E-state index is 0.0713. The SMILES string of the molecule is [2H][C@@H](C(=O)N1C(=O)OC[C@@H]1Cc1ccccc1)C1CCCCC1. The van der Waals surface area contributed by atoms with E-state index in [9.17, 15) is 9.59 Å². The highest BCUT2D eigenvalue weighted by molar-refractivity contribution is 5.93. The van der Waals surface area contributed by atoms with E-state index in [1.54, 1.807) is 0 Å². The quantitative estimate of drug-likeness (QED) is 0.854. The van der Waals surface area contributed by atoms with Crippen LogP contribution in [0.4, 0.5) is 4.79 Å². The molecule has 1 aromatic rings. The number of imide groups is 1. The number of hydrogen-bond acceptors (Lipinski definition) is 3. The van der Waals surface area contributed by atoms with E-state index < -0.39 is 12.5 Å². The number of hydrogen-bond donors (Lipinski definition) is 0. The second-order valence-corrected chi connectivity index (χ2v) is 6.19. The van der Waals surface area contributed by atoms with Crippen molar-refractivity contribution in [3.8, 4) is 0 Å². The van der Waals surface area contributed by atoms with E-state index >= 15 is 0 Å². The molecule has 2 atom stereocenters. The third kappa shape index (κ3) is 3.49. The van der Waals surface area contributed by atoms with Gasteiger partial charge in [-0.2, -0.15) is 0 Å². The molecule has 2 aliphatic rings. The van der Waals surface area contributed by atoms with Crippen LogP contribution in [0.1, 0.15) is 45.4 Å². The highest BCUT2D eigenvalue weighted by Crippen LogP contribution is 2.28. The van der Waals surface area contributed by atoms with Gasteiger partial charge in [0.15, 0.2) is 0 Å². The first kappa shape index (κ1) is 13.8. The van der Waals surface area contributed by atoms with Crippen LogP contribution in [0, 0.1) is 5.92 Å². The minimum Gasteiger partial charge on any atom is -0.447 e. The van der Waals surface area contributed by atoms with Crippen LogP contribution in [0.25, 0.3) is 0 Å². The first-order valence-corrected chi connectivity index (χ1v) is 8.13. The maximum Gasteiger partial charge on any atom is 0.416 e. The molecule has 1 heterocycles. The standard InChI is InChI=1S/C18H23NO3/c20-17(12-15-9-5-2-6-10-15)19-16(13-22-18(19)21)11-14-7-3-1-4-8-14/h1,3-4,7-8,15-16H,2,5-6,9-13H2/t16-/m0/s1/i12D/t12-,16+/m1. The highest BCUT2D eigenvalue weighted by Gasteiger charge is 2.38. The lowest BCUT2D eigenvalue weighted by Gasteiger charge is -2.25. The fourth-order valence-electron chi connectivity index (χ4n) is 3.35. The Morgan fingerprint density at radius 3 is 2.68 bits per heavy atom. The van der Waals surface area contributed by atoms with E-state index in [1.165, 1.54) is 11.3 Å². The number of carbonyl (C=O) groups excluding carboxylic acids is 2. The Morgan fingerprint density at radius 1 is 1.23 bits per heavy atom. The van der Waals surface area contributed by atoms with Crippen molar-refractivity contribution in [3.05, 3.63) is 35.9 Å². The molecule has 0 bridgehead atoms. The largest absolute Gasteiger partial charge is 0.447 e. The molecule has 0 spiro atoms. The monoisotopic (exact) mass is 302 g/mol. The fraction of sp³-hybridized carbons (Fsp3) is 0.556. The Bertz CT molecular complexity index is 557. The molecule has 1 aromatic carbocycles. The van der Waals surface area contributed by atoms with Gasteiger partial charge < -0.3 is 4.74 Å². The van der Waals surface area contributed by atoms with E-state index in [1.807, 2.05) is 30.3 Å². The Kier molecular flexibility index (Phi) is 4.36. The topological polar surface area (TPSA) is 46.6 Å². The molecule has 2 fully saturated rings. The van der Waals surface area contributed by atoms with Gasteiger partial charge in [0.1, 0.15) is 6.61 Å². The molecule has 1 aliphatic heterocycles. The molecular weight excluding hydrogens is 278 g/mol. The molecule has 4 heteroatoms. The predicted octanol–water partition coefficient (Wildman–Crippen LogP) is 3.55.